The third-order valence-corrected chi connectivity index (χ3v) is 5.70. The fourth-order valence-electron chi connectivity index (χ4n) is 3.81. The second-order valence-corrected chi connectivity index (χ2v) is 7.88. The maximum Gasteiger partial charge on any atom is 0.416 e. The molecular weight excluding hydrogens is 473 g/mol. The summed E-state index contributed by atoms with van der Waals surface area (Å²) in [6, 6.07) is 9.13. The Hall–Kier alpha value is -3.78. The van der Waals surface area contributed by atoms with Gasteiger partial charge in [-0.25, -0.2) is 4.98 Å². The smallest absolute Gasteiger partial charge is 0.384 e. The van der Waals surface area contributed by atoms with E-state index in [0.29, 0.717) is 11.7 Å². The number of nitrogens with two attached hydrogens (primary N) is 1. The number of alkyl halides is 3. The van der Waals surface area contributed by atoms with Crippen LogP contribution in [0, 0.1) is 21.4 Å². The first-order chi connectivity index (χ1) is 16.0. The minimum absolute atomic E-state index is 0.0271. The molecule has 2 heterocycles. The molecule has 1 atom stereocenters. The average molecular weight is 493 g/mol. The summed E-state index contributed by atoms with van der Waals surface area (Å²) in [4.78, 5) is 18.7. The quantitative estimate of drug-likeness (QED) is 0.360. The van der Waals surface area contributed by atoms with E-state index < -0.39 is 22.6 Å². The first-order valence-corrected chi connectivity index (χ1v) is 10.4. The Morgan fingerprint density at radius 3 is 2.41 bits per heavy atom. The number of rotatable bonds is 6. The molecule has 1 aliphatic rings. The van der Waals surface area contributed by atoms with Crippen LogP contribution in [0.15, 0.2) is 65.5 Å². The van der Waals surface area contributed by atoms with Gasteiger partial charge in [-0.15, -0.1) is 0 Å². The maximum absolute atomic E-state index is 13.0. The molecule has 0 saturated heterocycles. The van der Waals surface area contributed by atoms with Crippen LogP contribution in [-0.4, -0.2) is 33.3 Å². The zero-order valence-electron chi connectivity index (χ0n) is 18.2. The van der Waals surface area contributed by atoms with Crippen molar-refractivity contribution in [1.29, 1.82) is 5.26 Å². The number of halogens is 4. The molecule has 0 radical (unpaired) electrons. The monoisotopic (exact) mass is 492 g/mol. The van der Waals surface area contributed by atoms with E-state index in [1.165, 1.54) is 18.1 Å². The summed E-state index contributed by atoms with van der Waals surface area (Å²) in [7, 11) is 1.50. The topological polar surface area (TPSA) is 112 Å². The van der Waals surface area contributed by atoms with Crippen LogP contribution in [-0.2, 0) is 12.7 Å². The number of nitriles is 1. The van der Waals surface area contributed by atoms with Crippen molar-refractivity contribution < 1.29 is 18.1 Å². The van der Waals surface area contributed by atoms with Gasteiger partial charge in [0.1, 0.15) is 16.9 Å². The van der Waals surface area contributed by atoms with Crippen LogP contribution in [0.1, 0.15) is 29.5 Å². The fraction of sp³-hybridized carbons (Fsp3) is 0.273. The average Bonchev–Trinajstić information content (AvgIpc) is 2.79. The SMILES string of the molecule is CCN(Cc1ccc(Cl)nc1)C1=C([N+](=O)[O-])C(c2ccc(C(F)(F)F)cc2)C(C#N)=C(N)N1C. The number of nitro groups is 1. The minimum Gasteiger partial charge on any atom is -0.384 e. The van der Waals surface area contributed by atoms with Crippen molar-refractivity contribution in [1.82, 2.24) is 14.8 Å². The van der Waals surface area contributed by atoms with E-state index >= 15 is 0 Å². The zero-order chi connectivity index (χ0) is 25.2. The van der Waals surface area contributed by atoms with E-state index in [-0.39, 0.29) is 35.0 Å². The molecule has 0 spiro atoms. The lowest BCUT2D eigenvalue weighted by molar-refractivity contribution is -0.433. The molecule has 1 aromatic heterocycles. The number of nitrogens with zero attached hydrogens (tertiary/aromatic N) is 5. The summed E-state index contributed by atoms with van der Waals surface area (Å²) in [6.07, 6.45) is -3.04. The molecule has 1 unspecified atom stereocenters. The molecule has 1 aromatic carbocycles. The van der Waals surface area contributed by atoms with Crippen molar-refractivity contribution >= 4 is 11.6 Å². The highest BCUT2D eigenvalue weighted by Gasteiger charge is 2.43. The Bertz CT molecular complexity index is 1190. The van der Waals surface area contributed by atoms with Crippen LogP contribution in [0.2, 0.25) is 5.15 Å². The number of allylic oxidation sites excluding steroid dienone is 1. The van der Waals surface area contributed by atoms with E-state index in [4.69, 9.17) is 17.3 Å². The molecule has 0 bridgehead atoms. The first-order valence-electron chi connectivity index (χ1n) is 10.0. The van der Waals surface area contributed by atoms with Gasteiger partial charge in [-0.1, -0.05) is 29.8 Å². The highest BCUT2D eigenvalue weighted by Crippen LogP contribution is 2.42. The molecule has 0 amide bonds. The number of hydrogen-bond acceptors (Lipinski definition) is 7. The fourth-order valence-corrected chi connectivity index (χ4v) is 3.92. The van der Waals surface area contributed by atoms with E-state index in [1.807, 2.05) is 6.07 Å². The van der Waals surface area contributed by atoms with Crippen molar-refractivity contribution in [3.8, 4) is 6.07 Å². The molecule has 0 saturated carbocycles. The van der Waals surface area contributed by atoms with Gasteiger partial charge >= 0.3 is 6.18 Å². The van der Waals surface area contributed by atoms with Crippen molar-refractivity contribution in [2.75, 3.05) is 13.6 Å². The van der Waals surface area contributed by atoms with Gasteiger partial charge in [0.05, 0.1) is 22.1 Å². The Labute approximate surface area is 198 Å². The van der Waals surface area contributed by atoms with E-state index in [1.54, 1.807) is 24.0 Å². The molecule has 1 aliphatic heterocycles. The van der Waals surface area contributed by atoms with E-state index in [0.717, 1.165) is 29.8 Å². The summed E-state index contributed by atoms with van der Waals surface area (Å²) < 4.78 is 39.1. The second kappa shape index (κ2) is 9.61. The van der Waals surface area contributed by atoms with Gasteiger partial charge < -0.3 is 15.5 Å². The molecule has 3 rings (SSSR count). The predicted octanol–water partition coefficient (Wildman–Crippen LogP) is 4.44. The Morgan fingerprint density at radius 2 is 1.94 bits per heavy atom. The largest absolute Gasteiger partial charge is 0.416 e. The summed E-state index contributed by atoms with van der Waals surface area (Å²) in [5.41, 5.74) is 5.68. The van der Waals surface area contributed by atoms with Gasteiger partial charge in [-0.05, 0) is 36.2 Å². The minimum atomic E-state index is -4.57. The van der Waals surface area contributed by atoms with Crippen LogP contribution in [0.3, 0.4) is 0 Å². The van der Waals surface area contributed by atoms with Gasteiger partial charge in [0.2, 0.25) is 0 Å². The summed E-state index contributed by atoms with van der Waals surface area (Å²) in [5.74, 6) is -1.16. The molecule has 12 heteroatoms. The highest BCUT2D eigenvalue weighted by molar-refractivity contribution is 6.29. The van der Waals surface area contributed by atoms with Crippen molar-refractivity contribution in [2.45, 2.75) is 25.6 Å². The molecule has 0 aliphatic carbocycles. The highest BCUT2D eigenvalue weighted by atomic mass is 35.5. The normalized spacial score (nSPS) is 16.5. The molecule has 0 fully saturated rings. The zero-order valence-corrected chi connectivity index (χ0v) is 18.9. The maximum atomic E-state index is 13.0. The third kappa shape index (κ3) is 4.77. The van der Waals surface area contributed by atoms with Crippen LogP contribution < -0.4 is 5.73 Å². The standard InChI is InChI=1S/C22H20ClF3N6O2/c1-3-31(12-13-4-9-17(23)29-11-13)21-19(32(33)34)18(16(10-27)20(28)30(21)2)14-5-7-15(8-6-14)22(24,25)26/h4-9,11,18H,3,12,28H2,1-2H3. The molecule has 2 aromatic rings. The lowest BCUT2D eigenvalue weighted by Gasteiger charge is -2.37. The Balaban J connectivity index is 2.18. The van der Waals surface area contributed by atoms with Crippen molar-refractivity contribution in [2.24, 2.45) is 5.73 Å². The van der Waals surface area contributed by atoms with E-state index in [2.05, 4.69) is 4.98 Å². The summed E-state index contributed by atoms with van der Waals surface area (Å²) in [5, 5.41) is 22.4. The van der Waals surface area contributed by atoms with Crippen molar-refractivity contribution in [3.63, 3.8) is 0 Å². The predicted molar refractivity (Wildman–Crippen MR) is 118 cm³/mol. The van der Waals surface area contributed by atoms with Gasteiger partial charge in [0.15, 0.2) is 5.82 Å². The Kier molecular flexibility index (Phi) is 7.02. The van der Waals surface area contributed by atoms with Gasteiger partial charge in [0.25, 0.3) is 5.70 Å². The second-order valence-electron chi connectivity index (χ2n) is 7.49. The van der Waals surface area contributed by atoms with Crippen LogP contribution in [0.5, 0.6) is 0 Å². The lowest BCUT2D eigenvalue weighted by atomic mass is 9.85. The Morgan fingerprint density at radius 1 is 1.29 bits per heavy atom. The first kappa shape index (κ1) is 24.9. The summed E-state index contributed by atoms with van der Waals surface area (Å²) in [6.45, 7) is 2.33. The van der Waals surface area contributed by atoms with Crippen LogP contribution in [0.25, 0.3) is 0 Å². The van der Waals surface area contributed by atoms with Crippen molar-refractivity contribution in [3.05, 3.63) is 97.5 Å². The number of pyridine rings is 1. The number of hydrogen-bond donors (Lipinski definition) is 1. The van der Waals surface area contributed by atoms with Gasteiger partial charge in [-0.3, -0.25) is 10.1 Å². The summed E-state index contributed by atoms with van der Waals surface area (Å²) >= 11 is 5.84. The van der Waals surface area contributed by atoms with Gasteiger partial charge in [-0.2, -0.15) is 18.4 Å². The number of benzene rings is 1. The lowest BCUT2D eigenvalue weighted by Crippen LogP contribution is -2.42. The molecule has 8 nitrogen and oxygen atoms in total. The molecule has 178 valence electrons. The molecule has 34 heavy (non-hydrogen) atoms. The molecule has 2 N–H and O–H groups in total. The third-order valence-electron chi connectivity index (χ3n) is 5.48. The van der Waals surface area contributed by atoms with Gasteiger partial charge in [0, 0.05) is 26.3 Å². The number of aromatic nitrogens is 1. The van der Waals surface area contributed by atoms with Crippen LogP contribution in [0.4, 0.5) is 13.2 Å². The van der Waals surface area contributed by atoms with Crippen LogP contribution >= 0.6 is 11.6 Å². The molecular formula is C22H20ClF3N6O2. The van der Waals surface area contributed by atoms with E-state index in [9.17, 15) is 28.5 Å².